The molecule has 0 saturated heterocycles. The predicted molar refractivity (Wildman–Crippen MR) is 148 cm³/mol. The van der Waals surface area contributed by atoms with Gasteiger partial charge in [-0.25, -0.2) is 4.57 Å². The lowest BCUT2D eigenvalue weighted by Gasteiger charge is -2.23. The summed E-state index contributed by atoms with van der Waals surface area (Å²) in [5.74, 6) is 0.785. The van der Waals surface area contributed by atoms with Gasteiger partial charge in [-0.15, -0.1) is 0 Å². The zero-order chi connectivity index (χ0) is 27.2. The van der Waals surface area contributed by atoms with E-state index in [4.69, 9.17) is 19.3 Å². The summed E-state index contributed by atoms with van der Waals surface area (Å²) in [6.45, 7) is 4.17. The Balaban J connectivity index is 2.42. The minimum Gasteiger partial charge on any atom is -0.494 e. The number of methoxy groups -OCH3 is 1. The number of carbonyl (C=O) groups excluding carboxylic acids is 1. The van der Waals surface area contributed by atoms with Crippen molar-refractivity contribution in [1.82, 2.24) is 4.90 Å². The molecule has 0 saturated carbocycles. The van der Waals surface area contributed by atoms with E-state index in [9.17, 15) is 9.36 Å². The second kappa shape index (κ2) is 21.5. The van der Waals surface area contributed by atoms with Crippen molar-refractivity contribution in [2.75, 3.05) is 40.0 Å². The van der Waals surface area contributed by atoms with Gasteiger partial charge in [0.1, 0.15) is 5.75 Å². The first kappa shape index (κ1) is 33.6. The van der Waals surface area contributed by atoms with Crippen LogP contribution in [0.25, 0.3) is 0 Å². The van der Waals surface area contributed by atoms with Gasteiger partial charge in [0.15, 0.2) is 0 Å². The molecule has 0 radical (unpaired) electrons. The lowest BCUT2D eigenvalue weighted by atomic mass is 10.1. The van der Waals surface area contributed by atoms with Crippen molar-refractivity contribution < 1.29 is 33.1 Å². The molecule has 0 aliphatic rings. The lowest BCUT2D eigenvalue weighted by Crippen LogP contribution is -2.35. The lowest BCUT2D eigenvalue weighted by molar-refractivity contribution is -0.131. The van der Waals surface area contributed by atoms with Crippen molar-refractivity contribution in [2.45, 2.75) is 96.8 Å². The summed E-state index contributed by atoms with van der Waals surface area (Å²) in [6, 6.07) is 7.89. The molecule has 1 rings (SSSR count). The fourth-order valence-electron chi connectivity index (χ4n) is 4.16. The van der Waals surface area contributed by atoms with Crippen LogP contribution in [0.2, 0.25) is 0 Å². The standard InChI is InChI=1S/C28H50NO7P/c1-3-4-5-6-7-8-10-14-23-35-27-17-15-16-26(25-27)18-19-28(30)29(21-24-36-37(31,32)33)20-12-9-11-13-22-34-2/h15-17,25H,3-14,18-24H2,1-2H3,(H2,31,32,33). The van der Waals surface area contributed by atoms with Crippen molar-refractivity contribution >= 4 is 13.7 Å². The van der Waals surface area contributed by atoms with Crippen LogP contribution in [0.15, 0.2) is 24.3 Å². The fraction of sp³-hybridized carbons (Fsp3) is 0.750. The van der Waals surface area contributed by atoms with E-state index in [0.29, 0.717) is 26.0 Å². The zero-order valence-electron chi connectivity index (χ0n) is 23.1. The number of unbranched alkanes of at least 4 members (excludes halogenated alkanes) is 10. The highest BCUT2D eigenvalue weighted by Gasteiger charge is 2.17. The van der Waals surface area contributed by atoms with Crippen LogP contribution in [0, 0.1) is 0 Å². The summed E-state index contributed by atoms with van der Waals surface area (Å²) < 4.78 is 26.6. The van der Waals surface area contributed by atoms with Crippen LogP contribution < -0.4 is 4.74 Å². The molecule has 0 unspecified atom stereocenters. The summed E-state index contributed by atoms with van der Waals surface area (Å²) in [5, 5.41) is 0. The smallest absolute Gasteiger partial charge is 0.469 e. The van der Waals surface area contributed by atoms with Crippen LogP contribution in [0.1, 0.15) is 96.0 Å². The molecular weight excluding hydrogens is 493 g/mol. The number of carbonyl (C=O) groups is 1. The molecule has 0 aromatic heterocycles. The summed E-state index contributed by atoms with van der Waals surface area (Å²) in [6.07, 6.45) is 14.8. The Morgan fingerprint density at radius 1 is 0.865 bits per heavy atom. The number of hydrogen-bond acceptors (Lipinski definition) is 5. The van der Waals surface area contributed by atoms with Crippen molar-refractivity contribution in [3.63, 3.8) is 0 Å². The Morgan fingerprint density at radius 2 is 1.51 bits per heavy atom. The Hall–Kier alpha value is -1.44. The number of amides is 1. The molecule has 37 heavy (non-hydrogen) atoms. The van der Waals surface area contributed by atoms with Gasteiger partial charge in [0.2, 0.25) is 5.91 Å². The topological polar surface area (TPSA) is 106 Å². The third-order valence-corrected chi connectivity index (χ3v) is 6.81. The molecule has 0 bridgehead atoms. The predicted octanol–water partition coefficient (Wildman–Crippen LogP) is 6.28. The first-order chi connectivity index (χ1) is 17.9. The third-order valence-electron chi connectivity index (χ3n) is 6.29. The normalized spacial score (nSPS) is 11.6. The number of benzene rings is 1. The van der Waals surface area contributed by atoms with Crippen molar-refractivity contribution in [3.05, 3.63) is 29.8 Å². The third kappa shape index (κ3) is 19.3. The molecule has 0 fully saturated rings. The summed E-state index contributed by atoms with van der Waals surface area (Å²) in [7, 11) is -2.87. The maximum Gasteiger partial charge on any atom is 0.469 e. The molecule has 0 heterocycles. The quantitative estimate of drug-likeness (QED) is 0.117. The van der Waals surface area contributed by atoms with Gasteiger partial charge in [0.05, 0.1) is 13.2 Å². The zero-order valence-corrected chi connectivity index (χ0v) is 24.0. The molecule has 9 heteroatoms. The highest BCUT2D eigenvalue weighted by molar-refractivity contribution is 7.46. The summed E-state index contributed by atoms with van der Waals surface area (Å²) >= 11 is 0. The SMILES string of the molecule is CCCCCCCCCCOc1cccc(CCC(=O)N(CCCCCCOC)CCOP(=O)(O)O)c1. The Morgan fingerprint density at radius 3 is 2.19 bits per heavy atom. The van der Waals surface area contributed by atoms with Gasteiger partial charge < -0.3 is 24.2 Å². The summed E-state index contributed by atoms with van der Waals surface area (Å²) in [5.41, 5.74) is 1.03. The first-order valence-corrected chi connectivity index (χ1v) is 15.6. The van der Waals surface area contributed by atoms with Crippen LogP contribution in [-0.2, 0) is 25.0 Å². The first-order valence-electron chi connectivity index (χ1n) is 14.0. The van der Waals surface area contributed by atoms with Gasteiger partial charge in [-0.05, 0) is 43.4 Å². The number of nitrogens with zero attached hydrogens (tertiary/aromatic N) is 1. The fourth-order valence-corrected chi connectivity index (χ4v) is 4.48. The van der Waals surface area contributed by atoms with E-state index < -0.39 is 7.82 Å². The van der Waals surface area contributed by atoms with Gasteiger partial charge in [-0.1, -0.05) is 76.8 Å². The maximum absolute atomic E-state index is 12.9. The van der Waals surface area contributed by atoms with E-state index in [1.54, 1.807) is 12.0 Å². The van der Waals surface area contributed by atoms with Crippen LogP contribution in [0.4, 0.5) is 0 Å². The Kier molecular flexibility index (Phi) is 19.5. The number of ether oxygens (including phenoxy) is 2. The number of aryl methyl sites for hydroxylation is 1. The second-order valence-corrected chi connectivity index (χ2v) is 10.8. The number of hydrogen-bond donors (Lipinski definition) is 2. The van der Waals surface area contributed by atoms with E-state index in [-0.39, 0.29) is 19.1 Å². The molecule has 0 aliphatic carbocycles. The van der Waals surface area contributed by atoms with Crippen LogP contribution in [-0.4, -0.2) is 60.6 Å². The number of rotatable bonds is 24. The molecule has 1 aromatic rings. The van der Waals surface area contributed by atoms with E-state index in [1.807, 2.05) is 24.3 Å². The van der Waals surface area contributed by atoms with E-state index in [1.165, 1.54) is 44.9 Å². The highest BCUT2D eigenvalue weighted by Crippen LogP contribution is 2.35. The Bertz CT molecular complexity index is 756. The monoisotopic (exact) mass is 543 g/mol. The van der Waals surface area contributed by atoms with Gasteiger partial charge in [0.25, 0.3) is 0 Å². The van der Waals surface area contributed by atoms with Crippen LogP contribution in [0.3, 0.4) is 0 Å². The van der Waals surface area contributed by atoms with Crippen molar-refractivity contribution in [1.29, 1.82) is 0 Å². The van der Waals surface area contributed by atoms with Crippen LogP contribution in [0.5, 0.6) is 5.75 Å². The van der Waals surface area contributed by atoms with E-state index in [0.717, 1.165) is 50.0 Å². The average molecular weight is 544 g/mol. The van der Waals surface area contributed by atoms with E-state index in [2.05, 4.69) is 11.4 Å². The molecule has 0 atom stereocenters. The molecule has 214 valence electrons. The van der Waals surface area contributed by atoms with Gasteiger partial charge in [-0.2, -0.15) is 0 Å². The van der Waals surface area contributed by atoms with Gasteiger partial charge >= 0.3 is 7.82 Å². The van der Waals surface area contributed by atoms with Crippen LogP contribution >= 0.6 is 7.82 Å². The minimum absolute atomic E-state index is 0.0449. The largest absolute Gasteiger partial charge is 0.494 e. The van der Waals surface area contributed by atoms with Crippen molar-refractivity contribution in [2.24, 2.45) is 0 Å². The molecule has 1 aromatic carbocycles. The maximum atomic E-state index is 12.9. The van der Waals surface area contributed by atoms with Gasteiger partial charge in [-0.3, -0.25) is 9.32 Å². The average Bonchev–Trinajstić information content (AvgIpc) is 2.87. The van der Waals surface area contributed by atoms with Crippen molar-refractivity contribution in [3.8, 4) is 5.75 Å². The highest BCUT2D eigenvalue weighted by atomic mass is 31.2. The molecule has 0 aliphatic heterocycles. The number of phosphoric ester groups is 1. The minimum atomic E-state index is -4.55. The molecule has 1 amide bonds. The molecule has 0 spiro atoms. The van der Waals surface area contributed by atoms with Gasteiger partial charge in [0, 0.05) is 33.2 Å². The summed E-state index contributed by atoms with van der Waals surface area (Å²) in [4.78, 5) is 32.4. The molecular formula is C28H50NO7P. The van der Waals surface area contributed by atoms with E-state index >= 15 is 0 Å². The second-order valence-electron chi connectivity index (χ2n) is 9.58. The molecule has 8 nitrogen and oxygen atoms in total. The number of phosphoric acid groups is 1. The molecule has 2 N–H and O–H groups in total. The Labute approximate surface area is 224 Å².